The van der Waals surface area contributed by atoms with Crippen LogP contribution in [0, 0.1) is 18.8 Å². The molecule has 0 radical (unpaired) electrons. The summed E-state index contributed by atoms with van der Waals surface area (Å²) < 4.78 is 0. The van der Waals surface area contributed by atoms with Crippen molar-refractivity contribution in [3.8, 4) is 11.8 Å². The van der Waals surface area contributed by atoms with Crippen LogP contribution in [-0.2, 0) is 4.79 Å². The number of aryl methyl sites for hydroxylation is 1. The van der Waals surface area contributed by atoms with E-state index in [0.717, 1.165) is 17.7 Å². The number of benzene rings is 1. The fourth-order valence-electron chi connectivity index (χ4n) is 2.01. The highest BCUT2D eigenvalue weighted by molar-refractivity contribution is 6.04. The van der Waals surface area contributed by atoms with Crippen LogP contribution >= 0.6 is 0 Å². The molecule has 19 heavy (non-hydrogen) atoms. The summed E-state index contributed by atoms with van der Waals surface area (Å²) in [6.07, 6.45) is 2.02. The van der Waals surface area contributed by atoms with E-state index in [4.69, 9.17) is 0 Å². The van der Waals surface area contributed by atoms with E-state index in [1.54, 1.807) is 0 Å². The molecule has 0 saturated carbocycles. The van der Waals surface area contributed by atoms with Crippen molar-refractivity contribution in [1.29, 1.82) is 0 Å². The minimum atomic E-state index is 0.0572. The summed E-state index contributed by atoms with van der Waals surface area (Å²) in [5.41, 5.74) is 3.27. The standard InChI is InChI=1S/C16H18N2O/c1-3-4-5-11-18-16(19)10-9-15(17-18)14-8-6-7-13(2)12-14/h6-8,12H,3,9-11H2,1-2H3. The number of carbonyl (C=O) groups excluding carboxylic acids is 1. The van der Waals surface area contributed by atoms with E-state index >= 15 is 0 Å². The van der Waals surface area contributed by atoms with Crippen molar-refractivity contribution in [3.63, 3.8) is 0 Å². The van der Waals surface area contributed by atoms with E-state index < -0.39 is 0 Å². The van der Waals surface area contributed by atoms with Crippen molar-refractivity contribution in [2.75, 3.05) is 6.54 Å². The Balaban J connectivity index is 2.21. The molecule has 1 aromatic rings. The lowest BCUT2D eigenvalue weighted by Crippen LogP contribution is -2.32. The molecule has 0 bridgehead atoms. The van der Waals surface area contributed by atoms with Gasteiger partial charge in [0.05, 0.1) is 5.71 Å². The molecule has 1 amide bonds. The van der Waals surface area contributed by atoms with E-state index in [9.17, 15) is 4.79 Å². The minimum Gasteiger partial charge on any atom is -0.273 e. The first kappa shape index (κ1) is 13.4. The molecule has 2 rings (SSSR count). The van der Waals surface area contributed by atoms with Gasteiger partial charge in [-0.3, -0.25) is 4.79 Å². The monoisotopic (exact) mass is 254 g/mol. The molecule has 0 saturated heterocycles. The average molecular weight is 254 g/mol. The maximum absolute atomic E-state index is 11.8. The lowest BCUT2D eigenvalue weighted by atomic mass is 10.0. The predicted molar refractivity (Wildman–Crippen MR) is 76.7 cm³/mol. The fourth-order valence-corrected chi connectivity index (χ4v) is 2.01. The van der Waals surface area contributed by atoms with Crippen LogP contribution in [0.25, 0.3) is 0 Å². The fraction of sp³-hybridized carbons (Fsp3) is 0.375. The summed E-state index contributed by atoms with van der Waals surface area (Å²) in [5, 5.41) is 5.93. The zero-order valence-electron chi connectivity index (χ0n) is 11.4. The summed E-state index contributed by atoms with van der Waals surface area (Å²) in [4.78, 5) is 11.8. The summed E-state index contributed by atoms with van der Waals surface area (Å²) in [5.74, 6) is 5.99. The van der Waals surface area contributed by atoms with Crippen molar-refractivity contribution in [3.05, 3.63) is 35.4 Å². The third kappa shape index (κ3) is 3.45. The van der Waals surface area contributed by atoms with Crippen LogP contribution in [-0.4, -0.2) is 23.2 Å². The molecule has 0 aliphatic carbocycles. The first-order valence-electron chi connectivity index (χ1n) is 6.61. The largest absolute Gasteiger partial charge is 0.273 e. The maximum Gasteiger partial charge on any atom is 0.243 e. The van der Waals surface area contributed by atoms with Gasteiger partial charge in [0.2, 0.25) is 5.91 Å². The zero-order chi connectivity index (χ0) is 13.7. The van der Waals surface area contributed by atoms with Gasteiger partial charge in [-0.05, 0) is 12.5 Å². The van der Waals surface area contributed by atoms with Gasteiger partial charge < -0.3 is 0 Å². The molecule has 0 fully saturated rings. The Morgan fingerprint density at radius 2 is 2.16 bits per heavy atom. The second-order valence-corrected chi connectivity index (χ2v) is 4.57. The Kier molecular flexibility index (Phi) is 4.35. The van der Waals surface area contributed by atoms with Gasteiger partial charge in [0.15, 0.2) is 0 Å². The van der Waals surface area contributed by atoms with Crippen LogP contribution in [0.5, 0.6) is 0 Å². The number of hydrazone groups is 1. The van der Waals surface area contributed by atoms with Crippen LogP contribution in [0.4, 0.5) is 0 Å². The summed E-state index contributed by atoms with van der Waals surface area (Å²) in [7, 11) is 0. The van der Waals surface area contributed by atoms with Crippen molar-refractivity contribution in [2.24, 2.45) is 5.10 Å². The van der Waals surface area contributed by atoms with Gasteiger partial charge in [0.25, 0.3) is 0 Å². The third-order valence-corrected chi connectivity index (χ3v) is 2.99. The van der Waals surface area contributed by atoms with E-state index in [-0.39, 0.29) is 5.91 Å². The van der Waals surface area contributed by atoms with Crippen LogP contribution in [0.1, 0.15) is 37.3 Å². The Morgan fingerprint density at radius 1 is 1.32 bits per heavy atom. The van der Waals surface area contributed by atoms with Gasteiger partial charge >= 0.3 is 0 Å². The Morgan fingerprint density at radius 3 is 2.89 bits per heavy atom. The van der Waals surface area contributed by atoms with Crippen molar-refractivity contribution in [1.82, 2.24) is 5.01 Å². The molecule has 0 atom stereocenters. The SMILES string of the molecule is CCC#CCN1N=C(c2cccc(C)c2)CCC1=O. The van der Waals surface area contributed by atoms with Crippen molar-refractivity contribution in [2.45, 2.75) is 33.1 Å². The van der Waals surface area contributed by atoms with Crippen molar-refractivity contribution >= 4 is 11.6 Å². The van der Waals surface area contributed by atoms with Crippen LogP contribution in [0.3, 0.4) is 0 Å². The summed E-state index contributed by atoms with van der Waals surface area (Å²) in [6, 6.07) is 8.22. The molecule has 0 aromatic heterocycles. The van der Waals surface area contributed by atoms with E-state index in [1.165, 1.54) is 10.6 Å². The van der Waals surface area contributed by atoms with Gasteiger partial charge in [-0.25, -0.2) is 5.01 Å². The van der Waals surface area contributed by atoms with E-state index in [2.05, 4.69) is 36.0 Å². The van der Waals surface area contributed by atoms with Crippen LogP contribution < -0.4 is 0 Å². The normalized spacial score (nSPS) is 14.7. The van der Waals surface area contributed by atoms with Gasteiger partial charge in [0.1, 0.15) is 6.54 Å². The Labute approximate surface area is 114 Å². The third-order valence-electron chi connectivity index (χ3n) is 2.99. The lowest BCUT2D eigenvalue weighted by molar-refractivity contribution is -0.131. The summed E-state index contributed by atoms with van der Waals surface area (Å²) in [6.45, 7) is 4.44. The second-order valence-electron chi connectivity index (χ2n) is 4.57. The number of rotatable bonds is 2. The number of amides is 1. The quantitative estimate of drug-likeness (QED) is 0.747. The highest BCUT2D eigenvalue weighted by Crippen LogP contribution is 2.15. The van der Waals surface area contributed by atoms with Gasteiger partial charge in [-0.2, -0.15) is 5.10 Å². The minimum absolute atomic E-state index is 0.0572. The number of carbonyl (C=O) groups is 1. The van der Waals surface area contributed by atoms with Gasteiger partial charge in [0, 0.05) is 19.3 Å². The molecule has 3 heteroatoms. The first-order chi connectivity index (χ1) is 9.20. The molecular weight excluding hydrogens is 236 g/mol. The average Bonchev–Trinajstić information content (AvgIpc) is 2.41. The van der Waals surface area contributed by atoms with Crippen LogP contribution in [0.15, 0.2) is 29.4 Å². The molecule has 0 N–H and O–H groups in total. The number of hydrogen-bond acceptors (Lipinski definition) is 2. The first-order valence-corrected chi connectivity index (χ1v) is 6.61. The smallest absolute Gasteiger partial charge is 0.243 e. The highest BCUT2D eigenvalue weighted by Gasteiger charge is 2.20. The Bertz CT molecular complexity index is 564. The molecule has 0 spiro atoms. The molecule has 1 aromatic carbocycles. The molecule has 0 unspecified atom stereocenters. The molecule has 1 heterocycles. The van der Waals surface area contributed by atoms with Crippen molar-refractivity contribution < 1.29 is 4.79 Å². The number of hydrogen-bond donors (Lipinski definition) is 0. The Hall–Kier alpha value is -2.08. The lowest BCUT2D eigenvalue weighted by Gasteiger charge is -2.21. The zero-order valence-corrected chi connectivity index (χ0v) is 11.4. The molecule has 1 aliphatic rings. The number of nitrogens with zero attached hydrogens (tertiary/aromatic N) is 2. The molecule has 3 nitrogen and oxygen atoms in total. The molecular formula is C16H18N2O. The maximum atomic E-state index is 11.8. The predicted octanol–water partition coefficient (Wildman–Crippen LogP) is 2.73. The second kappa shape index (κ2) is 6.19. The molecule has 1 aliphatic heterocycles. The van der Waals surface area contributed by atoms with E-state index in [0.29, 0.717) is 19.4 Å². The topological polar surface area (TPSA) is 32.7 Å². The van der Waals surface area contributed by atoms with Gasteiger partial charge in [-0.15, -0.1) is 5.92 Å². The van der Waals surface area contributed by atoms with Gasteiger partial charge in [-0.1, -0.05) is 42.7 Å². The van der Waals surface area contributed by atoms with Crippen LogP contribution in [0.2, 0.25) is 0 Å². The van der Waals surface area contributed by atoms with E-state index in [1.807, 2.05) is 19.1 Å². The highest BCUT2D eigenvalue weighted by atomic mass is 16.2. The molecule has 98 valence electrons. The summed E-state index contributed by atoms with van der Waals surface area (Å²) >= 11 is 0.